The number of hydrogen-bond acceptors (Lipinski definition) is 7. The molecule has 0 bridgehead atoms. The van der Waals surface area contributed by atoms with Crippen molar-refractivity contribution in [2.75, 3.05) is 12.4 Å². The number of nitrogens with one attached hydrogen (secondary N) is 1. The number of nitrogens with zero attached hydrogens (tertiary/aromatic N) is 1. The van der Waals surface area contributed by atoms with Crippen LogP contribution in [0.25, 0.3) is 0 Å². The summed E-state index contributed by atoms with van der Waals surface area (Å²) in [4.78, 5) is 30.0. The maximum Gasteiger partial charge on any atom is 0.341 e. The summed E-state index contributed by atoms with van der Waals surface area (Å²) < 4.78 is 10.5. The predicted molar refractivity (Wildman–Crippen MR) is 104 cm³/mol. The van der Waals surface area contributed by atoms with Crippen molar-refractivity contribution in [1.82, 2.24) is 4.98 Å². The molecule has 0 spiro atoms. The highest BCUT2D eigenvalue weighted by atomic mass is 32.1. The largest absolute Gasteiger partial charge is 0.465 e. The van der Waals surface area contributed by atoms with Crippen LogP contribution in [-0.4, -0.2) is 24.0 Å². The van der Waals surface area contributed by atoms with Crippen molar-refractivity contribution in [3.05, 3.63) is 57.4 Å². The Kier molecular flexibility index (Phi) is 4.91. The number of ether oxygens (including phenoxy) is 2. The Morgan fingerprint density at radius 3 is 2.70 bits per heavy atom. The van der Waals surface area contributed by atoms with Gasteiger partial charge in [-0.15, -0.1) is 11.3 Å². The number of methoxy groups -OCH3 is 1. The van der Waals surface area contributed by atoms with Crippen molar-refractivity contribution in [2.45, 2.75) is 19.3 Å². The van der Waals surface area contributed by atoms with E-state index in [9.17, 15) is 9.59 Å². The first-order chi connectivity index (χ1) is 13.2. The monoisotopic (exact) mass is 400 g/mol. The SMILES string of the molecule is COC(=O)c1c(NC(=O)c2ccc(Oc3nccs3)cc2)sc2c1CCC2. The Bertz CT molecular complexity index is 978. The molecule has 0 saturated heterocycles. The average Bonchev–Trinajstić information content (AvgIpc) is 3.39. The van der Waals surface area contributed by atoms with Crippen LogP contribution in [0.3, 0.4) is 0 Å². The van der Waals surface area contributed by atoms with Gasteiger partial charge in [0.2, 0.25) is 0 Å². The number of benzene rings is 1. The van der Waals surface area contributed by atoms with Crippen molar-refractivity contribution >= 4 is 39.6 Å². The predicted octanol–water partition coefficient (Wildman–Crippen LogP) is 4.52. The van der Waals surface area contributed by atoms with Gasteiger partial charge in [0.1, 0.15) is 10.8 Å². The summed E-state index contributed by atoms with van der Waals surface area (Å²) in [6.07, 6.45) is 4.47. The minimum atomic E-state index is -0.406. The fourth-order valence-corrected chi connectivity index (χ4v) is 4.80. The lowest BCUT2D eigenvalue weighted by Crippen LogP contribution is -2.14. The maximum absolute atomic E-state index is 12.6. The smallest absolute Gasteiger partial charge is 0.341 e. The fourth-order valence-electron chi connectivity index (χ4n) is 3.02. The summed E-state index contributed by atoms with van der Waals surface area (Å²) in [6, 6.07) is 6.78. The molecule has 138 valence electrons. The molecule has 1 aliphatic carbocycles. The first kappa shape index (κ1) is 17.7. The molecule has 1 aliphatic rings. The summed E-state index contributed by atoms with van der Waals surface area (Å²) in [7, 11) is 1.36. The van der Waals surface area contributed by atoms with Crippen molar-refractivity contribution in [3.63, 3.8) is 0 Å². The lowest BCUT2D eigenvalue weighted by Gasteiger charge is -2.08. The molecule has 4 rings (SSSR count). The number of thiophene rings is 1. The van der Waals surface area contributed by atoms with Crippen LogP contribution in [0.4, 0.5) is 5.00 Å². The molecule has 0 radical (unpaired) electrons. The molecule has 0 saturated carbocycles. The van der Waals surface area contributed by atoms with Crippen LogP contribution < -0.4 is 10.1 Å². The van der Waals surface area contributed by atoms with E-state index in [1.807, 2.05) is 5.38 Å². The zero-order chi connectivity index (χ0) is 18.8. The number of rotatable bonds is 5. The second-order valence-electron chi connectivity index (χ2n) is 5.93. The van der Waals surface area contributed by atoms with E-state index in [4.69, 9.17) is 9.47 Å². The van der Waals surface area contributed by atoms with E-state index < -0.39 is 5.97 Å². The van der Waals surface area contributed by atoms with Gasteiger partial charge < -0.3 is 14.8 Å². The van der Waals surface area contributed by atoms with E-state index in [-0.39, 0.29) is 5.91 Å². The molecule has 1 N–H and O–H groups in total. The highest BCUT2D eigenvalue weighted by molar-refractivity contribution is 7.17. The van der Waals surface area contributed by atoms with Crippen molar-refractivity contribution in [3.8, 4) is 10.9 Å². The lowest BCUT2D eigenvalue weighted by atomic mass is 10.1. The molecule has 1 amide bonds. The Balaban J connectivity index is 1.52. The fraction of sp³-hybridized carbons (Fsp3) is 0.211. The van der Waals surface area contributed by atoms with E-state index in [1.54, 1.807) is 30.5 Å². The molecule has 8 heteroatoms. The van der Waals surface area contributed by atoms with Gasteiger partial charge in [-0.3, -0.25) is 4.79 Å². The van der Waals surface area contributed by atoms with Crippen LogP contribution in [0.5, 0.6) is 10.9 Å². The number of fused-ring (bicyclic) bond motifs is 1. The van der Waals surface area contributed by atoms with Gasteiger partial charge in [-0.05, 0) is 49.1 Å². The number of hydrogen-bond donors (Lipinski definition) is 1. The molecular weight excluding hydrogens is 384 g/mol. The van der Waals surface area contributed by atoms with Crippen LogP contribution in [0.2, 0.25) is 0 Å². The zero-order valence-corrected chi connectivity index (χ0v) is 16.1. The summed E-state index contributed by atoms with van der Waals surface area (Å²) in [6.45, 7) is 0. The third-order valence-electron chi connectivity index (χ3n) is 4.27. The maximum atomic E-state index is 12.6. The van der Waals surface area contributed by atoms with Gasteiger partial charge in [0.25, 0.3) is 11.1 Å². The summed E-state index contributed by atoms with van der Waals surface area (Å²) >= 11 is 2.85. The molecule has 0 unspecified atom stereocenters. The molecule has 2 heterocycles. The van der Waals surface area contributed by atoms with E-state index in [1.165, 1.54) is 29.8 Å². The Hall–Kier alpha value is -2.71. The molecule has 0 atom stereocenters. The highest BCUT2D eigenvalue weighted by Gasteiger charge is 2.28. The Morgan fingerprint density at radius 1 is 1.19 bits per heavy atom. The van der Waals surface area contributed by atoms with Crippen LogP contribution in [0, 0.1) is 0 Å². The molecule has 0 fully saturated rings. The third-order valence-corrected chi connectivity index (χ3v) is 6.12. The van der Waals surface area contributed by atoms with Crippen molar-refractivity contribution in [2.24, 2.45) is 0 Å². The second kappa shape index (κ2) is 7.50. The van der Waals surface area contributed by atoms with Crippen LogP contribution in [0.1, 0.15) is 37.6 Å². The van der Waals surface area contributed by atoms with Gasteiger partial charge in [0.15, 0.2) is 0 Å². The highest BCUT2D eigenvalue weighted by Crippen LogP contribution is 2.39. The first-order valence-corrected chi connectivity index (χ1v) is 10.1. The summed E-state index contributed by atoms with van der Waals surface area (Å²) in [5.41, 5.74) is 1.98. The molecule has 0 aliphatic heterocycles. The van der Waals surface area contributed by atoms with Gasteiger partial charge in [-0.2, -0.15) is 0 Å². The van der Waals surface area contributed by atoms with Crippen LogP contribution in [-0.2, 0) is 17.6 Å². The first-order valence-electron chi connectivity index (χ1n) is 8.37. The van der Waals surface area contributed by atoms with Gasteiger partial charge >= 0.3 is 5.97 Å². The summed E-state index contributed by atoms with van der Waals surface area (Å²) in [5.74, 6) is -0.0791. The number of thiazole rings is 1. The second-order valence-corrected chi connectivity index (χ2v) is 7.89. The minimum absolute atomic E-state index is 0.277. The number of aromatic nitrogens is 1. The standard InChI is InChI=1S/C19H16N2O4S2/c1-24-18(23)15-13-3-2-4-14(13)27-17(15)21-16(22)11-5-7-12(8-6-11)25-19-20-9-10-26-19/h5-10H,2-4H2,1H3,(H,21,22). The third kappa shape index (κ3) is 3.58. The van der Waals surface area contributed by atoms with Gasteiger partial charge in [0, 0.05) is 22.0 Å². The number of esters is 1. The molecule has 2 aromatic heterocycles. The van der Waals surface area contributed by atoms with Gasteiger partial charge in [0.05, 0.1) is 12.7 Å². The van der Waals surface area contributed by atoms with Crippen molar-refractivity contribution in [1.29, 1.82) is 0 Å². The zero-order valence-electron chi connectivity index (χ0n) is 14.5. The number of amides is 1. The van der Waals surface area contributed by atoms with E-state index in [2.05, 4.69) is 10.3 Å². The molecule has 27 heavy (non-hydrogen) atoms. The summed E-state index contributed by atoms with van der Waals surface area (Å²) in [5, 5.41) is 5.79. The molecule has 6 nitrogen and oxygen atoms in total. The normalized spacial score (nSPS) is 12.5. The Morgan fingerprint density at radius 2 is 2.00 bits per heavy atom. The average molecular weight is 400 g/mol. The van der Waals surface area contributed by atoms with Crippen molar-refractivity contribution < 1.29 is 19.1 Å². The molecule has 3 aromatic rings. The van der Waals surface area contributed by atoms with E-state index in [0.717, 1.165) is 29.7 Å². The Labute approximate surface area is 163 Å². The number of aryl methyl sites for hydroxylation is 1. The minimum Gasteiger partial charge on any atom is -0.465 e. The molecular formula is C19H16N2O4S2. The van der Waals surface area contributed by atoms with E-state index in [0.29, 0.717) is 27.1 Å². The topological polar surface area (TPSA) is 77.5 Å². The number of carbonyl (C=O) groups is 2. The van der Waals surface area contributed by atoms with Gasteiger partial charge in [-0.1, -0.05) is 11.3 Å². The lowest BCUT2D eigenvalue weighted by molar-refractivity contribution is 0.0601. The van der Waals surface area contributed by atoms with Crippen LogP contribution in [0.15, 0.2) is 35.8 Å². The van der Waals surface area contributed by atoms with E-state index >= 15 is 0 Å². The number of anilines is 1. The quantitative estimate of drug-likeness (QED) is 0.637. The molecule has 1 aromatic carbocycles. The van der Waals surface area contributed by atoms with Gasteiger partial charge in [-0.25, -0.2) is 9.78 Å². The number of carbonyl (C=O) groups excluding carboxylic acids is 2. The van der Waals surface area contributed by atoms with Crippen LogP contribution >= 0.6 is 22.7 Å².